The summed E-state index contributed by atoms with van der Waals surface area (Å²) in [5, 5.41) is 8.70. The van der Waals surface area contributed by atoms with Gasteiger partial charge >= 0.3 is 0 Å². The summed E-state index contributed by atoms with van der Waals surface area (Å²) in [6, 6.07) is 5.46. The second-order valence-corrected chi connectivity index (χ2v) is 8.35. The number of benzene rings is 1. The van der Waals surface area contributed by atoms with Gasteiger partial charge in [0.2, 0.25) is 10.0 Å². The molecular weight excluding hydrogens is 408 g/mol. The van der Waals surface area contributed by atoms with Crippen molar-refractivity contribution >= 4 is 41.9 Å². The molecule has 1 fully saturated rings. The smallest absolute Gasteiger partial charge is 0.207 e. The minimum Gasteiger partial charge on any atom is -0.207 e. The molecule has 1 saturated carbocycles. The summed E-state index contributed by atoms with van der Waals surface area (Å²) in [6.07, 6.45) is 1.95. The van der Waals surface area contributed by atoms with Gasteiger partial charge in [0.15, 0.2) is 0 Å². The first-order valence-corrected chi connectivity index (χ1v) is 9.25. The topological polar surface area (TPSA) is 61.2 Å². The predicted molar refractivity (Wildman–Crippen MR) is 83.7 cm³/mol. The number of halogens is 2. The third-order valence-electron chi connectivity index (χ3n) is 3.20. The van der Waals surface area contributed by atoms with E-state index in [4.69, 9.17) is 5.26 Å². The number of aryl methyl sites for hydroxylation is 1. The van der Waals surface area contributed by atoms with E-state index in [2.05, 4.69) is 31.9 Å². The van der Waals surface area contributed by atoms with Crippen molar-refractivity contribution in [2.75, 3.05) is 6.54 Å². The van der Waals surface area contributed by atoms with Gasteiger partial charge in [-0.05, 0) is 53.4 Å². The van der Waals surface area contributed by atoms with E-state index in [9.17, 15) is 8.42 Å². The van der Waals surface area contributed by atoms with Crippen LogP contribution in [0.25, 0.3) is 0 Å². The summed E-state index contributed by atoms with van der Waals surface area (Å²) in [7, 11) is -3.57. The van der Waals surface area contributed by atoms with Gasteiger partial charge in [0.25, 0.3) is 0 Å². The van der Waals surface area contributed by atoms with Crippen molar-refractivity contribution < 1.29 is 8.42 Å². The van der Waals surface area contributed by atoms with Crippen LogP contribution in [0, 0.1) is 18.3 Å². The monoisotopic (exact) mass is 420 g/mol. The minimum atomic E-state index is -3.57. The largest absolute Gasteiger partial charge is 0.244 e. The Labute approximate surface area is 136 Å². The average Bonchev–Trinajstić information content (AvgIpc) is 3.18. The second-order valence-electron chi connectivity index (χ2n) is 4.79. The first-order chi connectivity index (χ1) is 9.37. The van der Waals surface area contributed by atoms with Crippen LogP contribution in [-0.2, 0) is 10.0 Å². The first-order valence-electron chi connectivity index (χ1n) is 6.22. The molecule has 0 spiro atoms. The Morgan fingerprint density at radius 1 is 1.35 bits per heavy atom. The quantitative estimate of drug-likeness (QED) is 0.729. The molecule has 0 atom stereocenters. The number of rotatable bonds is 5. The average molecular weight is 422 g/mol. The highest BCUT2D eigenvalue weighted by Gasteiger charge is 2.38. The van der Waals surface area contributed by atoms with Crippen molar-refractivity contribution in [1.29, 1.82) is 5.26 Å². The molecule has 7 heteroatoms. The highest BCUT2D eigenvalue weighted by molar-refractivity contribution is 9.11. The van der Waals surface area contributed by atoms with Gasteiger partial charge < -0.3 is 0 Å². The van der Waals surface area contributed by atoms with E-state index in [0.29, 0.717) is 4.47 Å². The zero-order valence-electron chi connectivity index (χ0n) is 10.9. The molecule has 2 rings (SSSR count). The van der Waals surface area contributed by atoms with Gasteiger partial charge in [0, 0.05) is 28.0 Å². The van der Waals surface area contributed by atoms with Gasteiger partial charge in [-0.3, -0.25) is 0 Å². The standard InChI is InChI=1S/C13H14Br2N2O2S/c1-9-7-12(15)13(8-11(9)14)20(18,19)17(6-2-5-16)10-3-4-10/h7-8,10H,2-4,6H2,1H3. The Hall–Kier alpha value is -0.420. The predicted octanol–water partition coefficient (Wildman–Crippen LogP) is 3.59. The summed E-state index contributed by atoms with van der Waals surface area (Å²) < 4.78 is 28.3. The van der Waals surface area contributed by atoms with Gasteiger partial charge in [0.05, 0.1) is 11.0 Å². The molecule has 108 valence electrons. The molecule has 1 aromatic rings. The molecule has 0 N–H and O–H groups in total. The summed E-state index contributed by atoms with van der Waals surface area (Å²) in [5.41, 5.74) is 0.964. The molecule has 0 aromatic heterocycles. The van der Waals surface area contributed by atoms with Crippen LogP contribution in [0.5, 0.6) is 0 Å². The van der Waals surface area contributed by atoms with Crippen molar-refractivity contribution in [1.82, 2.24) is 4.31 Å². The maximum atomic E-state index is 12.8. The van der Waals surface area contributed by atoms with Crippen LogP contribution in [0.15, 0.2) is 26.0 Å². The molecule has 0 unspecified atom stereocenters. The Morgan fingerprint density at radius 3 is 2.55 bits per heavy atom. The molecule has 1 aliphatic rings. The molecule has 4 nitrogen and oxygen atoms in total. The normalized spacial score (nSPS) is 15.3. The Bertz CT molecular complexity index is 664. The van der Waals surface area contributed by atoms with E-state index in [1.807, 2.05) is 13.0 Å². The number of sulfonamides is 1. The molecule has 0 bridgehead atoms. The molecule has 0 aliphatic heterocycles. The van der Waals surface area contributed by atoms with Crippen molar-refractivity contribution in [3.63, 3.8) is 0 Å². The molecule has 0 heterocycles. The summed E-state index contributed by atoms with van der Waals surface area (Å²) in [6.45, 7) is 2.15. The summed E-state index contributed by atoms with van der Waals surface area (Å²) in [5.74, 6) is 0. The van der Waals surface area contributed by atoms with E-state index >= 15 is 0 Å². The lowest BCUT2D eigenvalue weighted by Gasteiger charge is -2.22. The number of hydrogen-bond acceptors (Lipinski definition) is 3. The fourth-order valence-electron chi connectivity index (χ4n) is 1.97. The Balaban J connectivity index is 2.43. The van der Waals surface area contributed by atoms with E-state index in [0.717, 1.165) is 22.9 Å². The van der Waals surface area contributed by atoms with Gasteiger partial charge in [-0.25, -0.2) is 8.42 Å². The van der Waals surface area contributed by atoms with Crippen molar-refractivity contribution in [3.8, 4) is 6.07 Å². The van der Waals surface area contributed by atoms with Gasteiger partial charge in [-0.2, -0.15) is 9.57 Å². The lowest BCUT2D eigenvalue weighted by atomic mass is 10.2. The Kier molecular flexibility index (Phi) is 4.90. The molecule has 20 heavy (non-hydrogen) atoms. The number of nitrogens with zero attached hydrogens (tertiary/aromatic N) is 2. The fourth-order valence-corrected chi connectivity index (χ4v) is 5.30. The minimum absolute atomic E-state index is 0.0420. The van der Waals surface area contributed by atoms with Crippen LogP contribution in [0.4, 0.5) is 0 Å². The maximum absolute atomic E-state index is 12.8. The lowest BCUT2D eigenvalue weighted by molar-refractivity contribution is 0.410. The SMILES string of the molecule is Cc1cc(Br)c(S(=O)(=O)N(CCC#N)C2CC2)cc1Br. The van der Waals surface area contributed by atoms with Crippen LogP contribution in [0.2, 0.25) is 0 Å². The van der Waals surface area contributed by atoms with Crippen molar-refractivity contribution in [3.05, 3.63) is 26.6 Å². The highest BCUT2D eigenvalue weighted by Crippen LogP contribution is 2.36. The molecule has 0 radical (unpaired) electrons. The summed E-state index contributed by atoms with van der Waals surface area (Å²) in [4.78, 5) is 0.250. The highest BCUT2D eigenvalue weighted by atomic mass is 79.9. The van der Waals surface area contributed by atoms with Crippen molar-refractivity contribution in [2.45, 2.75) is 37.1 Å². The molecule has 0 amide bonds. The first kappa shape index (κ1) is 16.0. The third-order valence-corrected chi connectivity index (χ3v) is 6.96. The third kappa shape index (κ3) is 3.25. The van der Waals surface area contributed by atoms with Gasteiger partial charge in [-0.1, -0.05) is 15.9 Å². The zero-order valence-corrected chi connectivity index (χ0v) is 14.9. The fraction of sp³-hybridized carbons (Fsp3) is 0.462. The van der Waals surface area contributed by atoms with E-state index in [1.54, 1.807) is 12.1 Å². The number of nitriles is 1. The molecule has 0 saturated heterocycles. The summed E-state index contributed by atoms with van der Waals surface area (Å²) >= 11 is 6.70. The van der Waals surface area contributed by atoms with Crippen molar-refractivity contribution in [2.24, 2.45) is 0 Å². The maximum Gasteiger partial charge on any atom is 0.244 e. The Morgan fingerprint density at radius 2 is 2.00 bits per heavy atom. The van der Waals surface area contributed by atoms with Crippen LogP contribution in [-0.4, -0.2) is 25.3 Å². The lowest BCUT2D eigenvalue weighted by Crippen LogP contribution is -2.34. The van der Waals surface area contributed by atoms with Crippen LogP contribution >= 0.6 is 31.9 Å². The molecular formula is C13H14Br2N2O2S. The molecule has 1 aromatic carbocycles. The van der Waals surface area contributed by atoms with Gasteiger partial charge in [0.1, 0.15) is 0 Å². The van der Waals surface area contributed by atoms with Crippen LogP contribution < -0.4 is 0 Å². The van der Waals surface area contributed by atoms with Crippen LogP contribution in [0.1, 0.15) is 24.8 Å². The van der Waals surface area contributed by atoms with Crippen LogP contribution in [0.3, 0.4) is 0 Å². The number of hydrogen-bond donors (Lipinski definition) is 0. The van der Waals surface area contributed by atoms with E-state index in [-0.39, 0.29) is 23.9 Å². The van der Waals surface area contributed by atoms with E-state index < -0.39 is 10.0 Å². The second kappa shape index (κ2) is 6.14. The zero-order chi connectivity index (χ0) is 14.9. The van der Waals surface area contributed by atoms with E-state index in [1.165, 1.54) is 4.31 Å². The molecule has 1 aliphatic carbocycles. The van der Waals surface area contributed by atoms with Gasteiger partial charge in [-0.15, -0.1) is 0 Å².